The number of nitrogens with one attached hydrogen (secondary N) is 1. The SMILES string of the molecule is COC(=O)c1cc(C(=O)NCc2ccc(F)c(F)c2)nc2c(C(=O)O)ccn12. The summed E-state index contributed by atoms with van der Waals surface area (Å²) in [5.41, 5.74) is -0.362. The topological polar surface area (TPSA) is 110 Å². The first kappa shape index (κ1) is 19.0. The molecule has 1 amide bonds. The molecule has 0 bridgehead atoms. The van der Waals surface area contributed by atoms with Crippen LogP contribution in [0.3, 0.4) is 0 Å². The van der Waals surface area contributed by atoms with Crippen molar-refractivity contribution in [2.45, 2.75) is 6.54 Å². The van der Waals surface area contributed by atoms with Crippen LogP contribution in [0.2, 0.25) is 0 Å². The maximum atomic E-state index is 13.3. The quantitative estimate of drug-likeness (QED) is 0.646. The number of rotatable bonds is 5. The highest BCUT2D eigenvalue weighted by Gasteiger charge is 2.21. The highest BCUT2D eigenvalue weighted by atomic mass is 19.2. The molecule has 3 rings (SSSR count). The molecule has 2 aromatic heterocycles. The van der Waals surface area contributed by atoms with Gasteiger partial charge in [-0.05, 0) is 23.8 Å². The number of methoxy groups -OCH3 is 1. The molecule has 0 saturated carbocycles. The minimum absolute atomic E-state index is 0.0991. The molecule has 0 fully saturated rings. The van der Waals surface area contributed by atoms with Gasteiger partial charge in [-0.2, -0.15) is 0 Å². The number of fused-ring (bicyclic) bond motifs is 1. The lowest BCUT2D eigenvalue weighted by atomic mass is 10.2. The lowest BCUT2D eigenvalue weighted by Crippen LogP contribution is -2.25. The molecule has 0 radical (unpaired) electrons. The van der Waals surface area contributed by atoms with Crippen LogP contribution < -0.4 is 5.32 Å². The van der Waals surface area contributed by atoms with Crippen LogP contribution >= 0.6 is 0 Å². The van der Waals surface area contributed by atoms with Gasteiger partial charge in [0, 0.05) is 18.8 Å². The van der Waals surface area contributed by atoms with Crippen molar-refractivity contribution in [3.63, 3.8) is 0 Å². The van der Waals surface area contributed by atoms with Gasteiger partial charge in [-0.25, -0.2) is 23.4 Å². The molecule has 0 atom stereocenters. The molecule has 3 aromatic rings. The zero-order valence-electron chi connectivity index (χ0n) is 14.4. The number of esters is 1. The zero-order valence-corrected chi connectivity index (χ0v) is 14.4. The number of ether oxygens (including phenoxy) is 1. The Morgan fingerprint density at radius 2 is 1.93 bits per heavy atom. The number of hydrogen-bond acceptors (Lipinski definition) is 5. The van der Waals surface area contributed by atoms with Gasteiger partial charge in [-0.3, -0.25) is 9.20 Å². The normalized spacial score (nSPS) is 10.7. The number of carbonyl (C=O) groups excluding carboxylic acids is 2. The van der Waals surface area contributed by atoms with Crippen molar-refractivity contribution in [3.8, 4) is 0 Å². The fraction of sp³-hybridized carbons (Fsp3) is 0.111. The average Bonchev–Trinajstić information content (AvgIpc) is 3.11. The molecule has 1 aromatic carbocycles. The van der Waals surface area contributed by atoms with Gasteiger partial charge in [0.25, 0.3) is 5.91 Å². The summed E-state index contributed by atoms with van der Waals surface area (Å²) < 4.78 is 32.1. The van der Waals surface area contributed by atoms with Crippen molar-refractivity contribution in [1.29, 1.82) is 0 Å². The smallest absolute Gasteiger partial charge is 0.355 e. The van der Waals surface area contributed by atoms with E-state index in [1.807, 2.05) is 0 Å². The molecule has 0 unspecified atom stereocenters. The Hall–Kier alpha value is -3.82. The number of carboxylic acid groups (broad SMARTS) is 1. The first-order valence-corrected chi connectivity index (χ1v) is 7.87. The molecule has 2 heterocycles. The molecule has 0 saturated heterocycles. The van der Waals surface area contributed by atoms with E-state index < -0.39 is 29.5 Å². The van der Waals surface area contributed by atoms with Crippen molar-refractivity contribution >= 4 is 23.5 Å². The number of hydrogen-bond donors (Lipinski definition) is 2. The third-order valence-corrected chi connectivity index (χ3v) is 3.91. The molecular formula is C18H13F2N3O5. The van der Waals surface area contributed by atoms with E-state index in [9.17, 15) is 28.3 Å². The maximum absolute atomic E-state index is 13.3. The number of aromatic carboxylic acids is 1. The maximum Gasteiger partial charge on any atom is 0.355 e. The summed E-state index contributed by atoms with van der Waals surface area (Å²) in [6.45, 7) is -0.136. The van der Waals surface area contributed by atoms with Gasteiger partial charge in [0.1, 0.15) is 17.0 Å². The minimum Gasteiger partial charge on any atom is -0.478 e. The summed E-state index contributed by atoms with van der Waals surface area (Å²) in [4.78, 5) is 39.8. The van der Waals surface area contributed by atoms with Crippen molar-refractivity contribution < 1.29 is 33.0 Å². The number of carboxylic acids is 1. The van der Waals surface area contributed by atoms with Crippen LogP contribution in [0.4, 0.5) is 8.78 Å². The van der Waals surface area contributed by atoms with Crippen molar-refractivity contribution in [1.82, 2.24) is 14.7 Å². The molecule has 0 aliphatic heterocycles. The minimum atomic E-state index is -1.29. The molecule has 0 spiro atoms. The van der Waals surface area contributed by atoms with Crippen molar-refractivity contribution in [2.75, 3.05) is 7.11 Å². The average molecular weight is 389 g/mol. The van der Waals surface area contributed by atoms with Crippen molar-refractivity contribution in [3.05, 3.63) is 70.7 Å². The van der Waals surface area contributed by atoms with Gasteiger partial charge in [0.15, 0.2) is 17.3 Å². The number of nitrogens with zero attached hydrogens (tertiary/aromatic N) is 2. The summed E-state index contributed by atoms with van der Waals surface area (Å²) in [5.74, 6) is -4.90. The second kappa shape index (κ2) is 7.43. The second-order valence-electron chi connectivity index (χ2n) is 5.68. The highest BCUT2D eigenvalue weighted by molar-refractivity contribution is 6.00. The number of aromatic nitrogens is 2. The van der Waals surface area contributed by atoms with Crippen LogP contribution in [0.1, 0.15) is 36.9 Å². The number of amides is 1. The third-order valence-electron chi connectivity index (χ3n) is 3.91. The summed E-state index contributed by atoms with van der Waals surface area (Å²) in [7, 11) is 1.14. The van der Waals surface area contributed by atoms with E-state index in [0.717, 1.165) is 25.3 Å². The summed E-state index contributed by atoms with van der Waals surface area (Å²) in [6, 6.07) is 5.54. The predicted octanol–water partition coefficient (Wildman–Crippen LogP) is 2.03. The van der Waals surface area contributed by atoms with E-state index in [1.165, 1.54) is 22.7 Å². The monoisotopic (exact) mass is 389 g/mol. The Kier molecular flexibility index (Phi) is 5.03. The summed E-state index contributed by atoms with van der Waals surface area (Å²) in [5, 5.41) is 11.7. The lowest BCUT2D eigenvalue weighted by molar-refractivity contribution is 0.0590. The molecular weight excluding hydrogens is 376 g/mol. The number of halogens is 2. The Bertz CT molecular complexity index is 1110. The van der Waals surface area contributed by atoms with Crippen LogP contribution in [0.25, 0.3) is 5.65 Å². The van der Waals surface area contributed by atoms with Gasteiger partial charge in [-0.1, -0.05) is 6.07 Å². The van der Waals surface area contributed by atoms with E-state index in [-0.39, 0.29) is 29.1 Å². The molecule has 0 aliphatic rings. The van der Waals surface area contributed by atoms with Crippen LogP contribution in [-0.4, -0.2) is 39.4 Å². The van der Waals surface area contributed by atoms with Crippen LogP contribution in [0.5, 0.6) is 0 Å². The van der Waals surface area contributed by atoms with Gasteiger partial charge in [-0.15, -0.1) is 0 Å². The summed E-state index contributed by atoms with van der Waals surface area (Å²) in [6.07, 6.45) is 1.32. The summed E-state index contributed by atoms with van der Waals surface area (Å²) >= 11 is 0. The Morgan fingerprint density at radius 1 is 1.18 bits per heavy atom. The zero-order chi connectivity index (χ0) is 20.4. The largest absolute Gasteiger partial charge is 0.478 e. The Labute approximate surface area is 156 Å². The highest BCUT2D eigenvalue weighted by Crippen LogP contribution is 2.16. The fourth-order valence-electron chi connectivity index (χ4n) is 2.55. The van der Waals surface area contributed by atoms with E-state index >= 15 is 0 Å². The Balaban J connectivity index is 1.95. The molecule has 28 heavy (non-hydrogen) atoms. The van der Waals surface area contributed by atoms with Gasteiger partial charge >= 0.3 is 11.9 Å². The fourth-order valence-corrected chi connectivity index (χ4v) is 2.55. The lowest BCUT2D eigenvalue weighted by Gasteiger charge is -2.09. The van der Waals surface area contributed by atoms with Crippen LogP contribution in [0, 0.1) is 11.6 Å². The van der Waals surface area contributed by atoms with E-state index in [2.05, 4.69) is 15.0 Å². The standard InChI is InChI=1S/C18H13F2N3O5/c1-28-18(27)14-7-13(22-15-10(17(25)26)4-5-23(14)15)16(24)21-8-9-2-3-11(19)12(20)6-9/h2-7H,8H2,1H3,(H,21,24)(H,25,26). The predicted molar refractivity (Wildman–Crippen MR) is 91.0 cm³/mol. The van der Waals surface area contributed by atoms with E-state index in [0.29, 0.717) is 5.56 Å². The molecule has 8 nitrogen and oxygen atoms in total. The second-order valence-corrected chi connectivity index (χ2v) is 5.68. The first-order valence-electron chi connectivity index (χ1n) is 7.87. The Morgan fingerprint density at radius 3 is 2.57 bits per heavy atom. The van der Waals surface area contributed by atoms with Gasteiger partial charge in [0.2, 0.25) is 0 Å². The first-order chi connectivity index (χ1) is 13.3. The van der Waals surface area contributed by atoms with Gasteiger partial charge < -0.3 is 15.2 Å². The van der Waals surface area contributed by atoms with Crippen molar-refractivity contribution in [2.24, 2.45) is 0 Å². The van der Waals surface area contributed by atoms with Crippen LogP contribution in [-0.2, 0) is 11.3 Å². The number of benzene rings is 1. The number of carbonyl (C=O) groups is 3. The van der Waals surface area contributed by atoms with Crippen LogP contribution in [0.15, 0.2) is 36.5 Å². The molecule has 0 aliphatic carbocycles. The molecule has 10 heteroatoms. The third kappa shape index (κ3) is 3.52. The molecule has 2 N–H and O–H groups in total. The van der Waals surface area contributed by atoms with E-state index in [1.54, 1.807) is 0 Å². The van der Waals surface area contributed by atoms with Gasteiger partial charge in [0.05, 0.1) is 7.11 Å². The van der Waals surface area contributed by atoms with E-state index in [4.69, 9.17) is 0 Å². The molecule has 144 valence electrons.